The molecule has 3 aromatic carbocycles. The van der Waals surface area contributed by atoms with E-state index in [2.05, 4.69) is 5.32 Å². The zero-order valence-electron chi connectivity index (χ0n) is 16.3. The predicted octanol–water partition coefficient (Wildman–Crippen LogP) is 5.96. The van der Waals surface area contributed by atoms with Crippen molar-refractivity contribution in [3.63, 3.8) is 0 Å². The van der Waals surface area contributed by atoms with Crippen LogP contribution in [0.3, 0.4) is 0 Å². The number of nitrogens with zero attached hydrogens (tertiary/aromatic N) is 1. The maximum absolute atomic E-state index is 12.8. The molecule has 0 saturated carbocycles. The SMILES string of the molecule is COc1ccc(N(CC(=O)Nc2c(Cl)ccc(C)c2Cl)Cc2ccccc2)cc1. The second-order valence-electron chi connectivity index (χ2n) is 6.64. The summed E-state index contributed by atoms with van der Waals surface area (Å²) >= 11 is 12.6. The van der Waals surface area contributed by atoms with Crippen LogP contribution in [-0.4, -0.2) is 19.6 Å². The van der Waals surface area contributed by atoms with Crippen molar-refractivity contribution in [2.45, 2.75) is 13.5 Å². The number of benzene rings is 3. The zero-order valence-corrected chi connectivity index (χ0v) is 17.8. The van der Waals surface area contributed by atoms with Crippen molar-refractivity contribution in [3.05, 3.63) is 87.9 Å². The first-order valence-corrected chi connectivity index (χ1v) is 9.91. The summed E-state index contributed by atoms with van der Waals surface area (Å²) in [6.45, 7) is 2.59. The normalized spacial score (nSPS) is 10.5. The van der Waals surface area contributed by atoms with Crippen LogP contribution in [0.2, 0.25) is 10.0 Å². The van der Waals surface area contributed by atoms with E-state index in [1.54, 1.807) is 13.2 Å². The van der Waals surface area contributed by atoms with E-state index in [-0.39, 0.29) is 12.5 Å². The highest BCUT2D eigenvalue weighted by atomic mass is 35.5. The van der Waals surface area contributed by atoms with Crippen LogP contribution in [0.1, 0.15) is 11.1 Å². The molecular weight excluding hydrogens is 407 g/mol. The van der Waals surface area contributed by atoms with Gasteiger partial charge < -0.3 is 15.0 Å². The van der Waals surface area contributed by atoms with Gasteiger partial charge in [-0.25, -0.2) is 0 Å². The van der Waals surface area contributed by atoms with Gasteiger partial charge in [0, 0.05) is 12.2 Å². The molecule has 0 saturated heterocycles. The van der Waals surface area contributed by atoms with Crippen LogP contribution in [0, 0.1) is 6.92 Å². The lowest BCUT2D eigenvalue weighted by molar-refractivity contribution is -0.115. The minimum atomic E-state index is -0.203. The lowest BCUT2D eigenvalue weighted by Crippen LogP contribution is -2.33. The molecule has 29 heavy (non-hydrogen) atoms. The fourth-order valence-electron chi connectivity index (χ4n) is 2.96. The quantitative estimate of drug-likeness (QED) is 0.504. The molecule has 0 fully saturated rings. The fourth-order valence-corrected chi connectivity index (χ4v) is 3.42. The maximum Gasteiger partial charge on any atom is 0.243 e. The summed E-state index contributed by atoms with van der Waals surface area (Å²) in [6, 6.07) is 21.1. The number of hydrogen-bond donors (Lipinski definition) is 1. The highest BCUT2D eigenvalue weighted by Gasteiger charge is 2.16. The molecule has 0 aliphatic rings. The number of nitrogens with one attached hydrogen (secondary N) is 1. The molecule has 0 unspecified atom stereocenters. The van der Waals surface area contributed by atoms with Gasteiger partial charge in [-0.1, -0.05) is 59.6 Å². The van der Waals surface area contributed by atoms with Crippen molar-refractivity contribution < 1.29 is 9.53 Å². The van der Waals surface area contributed by atoms with Crippen LogP contribution >= 0.6 is 23.2 Å². The number of aryl methyl sites for hydroxylation is 1. The maximum atomic E-state index is 12.8. The molecule has 0 heterocycles. The molecule has 3 aromatic rings. The molecule has 0 aliphatic carbocycles. The average molecular weight is 429 g/mol. The van der Waals surface area contributed by atoms with E-state index < -0.39 is 0 Å². The number of hydrogen-bond acceptors (Lipinski definition) is 3. The smallest absolute Gasteiger partial charge is 0.243 e. The molecule has 0 aliphatic heterocycles. The third-order valence-corrected chi connectivity index (χ3v) is 5.34. The first-order chi connectivity index (χ1) is 14.0. The second-order valence-corrected chi connectivity index (χ2v) is 7.43. The van der Waals surface area contributed by atoms with Crippen molar-refractivity contribution in [1.82, 2.24) is 0 Å². The Labute approximate surface area is 181 Å². The van der Waals surface area contributed by atoms with Gasteiger partial charge in [0.05, 0.1) is 29.4 Å². The second kappa shape index (κ2) is 9.68. The molecule has 0 spiro atoms. The first kappa shape index (κ1) is 21.0. The van der Waals surface area contributed by atoms with E-state index in [9.17, 15) is 4.79 Å². The highest BCUT2D eigenvalue weighted by molar-refractivity contribution is 6.40. The molecule has 1 amide bonds. The van der Waals surface area contributed by atoms with Crippen LogP contribution in [-0.2, 0) is 11.3 Å². The number of anilines is 2. The summed E-state index contributed by atoms with van der Waals surface area (Å²) in [5.74, 6) is 0.558. The summed E-state index contributed by atoms with van der Waals surface area (Å²) in [4.78, 5) is 14.8. The van der Waals surface area contributed by atoms with E-state index in [0.29, 0.717) is 22.3 Å². The standard InChI is InChI=1S/C23H22Cl2N2O2/c1-16-8-13-20(24)23(22(16)25)26-21(28)15-27(14-17-6-4-3-5-7-17)18-9-11-19(29-2)12-10-18/h3-13H,14-15H2,1-2H3,(H,26,28). The first-order valence-electron chi connectivity index (χ1n) is 9.15. The minimum absolute atomic E-state index is 0.141. The summed E-state index contributed by atoms with van der Waals surface area (Å²) in [5, 5.41) is 3.72. The van der Waals surface area contributed by atoms with Crippen molar-refractivity contribution >= 4 is 40.5 Å². The van der Waals surface area contributed by atoms with Gasteiger partial charge in [-0.2, -0.15) is 0 Å². The van der Waals surface area contributed by atoms with Gasteiger partial charge in [0.15, 0.2) is 0 Å². The van der Waals surface area contributed by atoms with Crippen LogP contribution < -0.4 is 15.0 Å². The third kappa shape index (κ3) is 5.43. The molecule has 0 radical (unpaired) electrons. The van der Waals surface area contributed by atoms with Gasteiger partial charge in [-0.15, -0.1) is 0 Å². The topological polar surface area (TPSA) is 41.6 Å². The molecule has 6 heteroatoms. The Morgan fingerprint density at radius 3 is 2.34 bits per heavy atom. The van der Waals surface area contributed by atoms with Crippen LogP contribution in [0.4, 0.5) is 11.4 Å². The van der Waals surface area contributed by atoms with E-state index >= 15 is 0 Å². The van der Waals surface area contributed by atoms with Gasteiger partial charge in [-0.3, -0.25) is 4.79 Å². The number of ether oxygens (including phenoxy) is 1. The number of methoxy groups -OCH3 is 1. The predicted molar refractivity (Wildman–Crippen MR) is 120 cm³/mol. The van der Waals surface area contributed by atoms with Gasteiger partial charge in [0.25, 0.3) is 0 Å². The minimum Gasteiger partial charge on any atom is -0.497 e. The summed E-state index contributed by atoms with van der Waals surface area (Å²) < 4.78 is 5.24. The molecule has 150 valence electrons. The number of halogens is 2. The molecule has 3 rings (SSSR count). The highest BCUT2D eigenvalue weighted by Crippen LogP contribution is 2.33. The zero-order chi connectivity index (χ0) is 20.8. The third-order valence-electron chi connectivity index (χ3n) is 4.54. The Morgan fingerprint density at radius 1 is 1.00 bits per heavy atom. The average Bonchev–Trinajstić information content (AvgIpc) is 2.74. The molecule has 0 aromatic heterocycles. The van der Waals surface area contributed by atoms with Crippen LogP contribution in [0.15, 0.2) is 66.7 Å². The Morgan fingerprint density at radius 2 is 1.69 bits per heavy atom. The lowest BCUT2D eigenvalue weighted by Gasteiger charge is -2.25. The molecular formula is C23H22Cl2N2O2. The summed E-state index contributed by atoms with van der Waals surface area (Å²) in [6.07, 6.45) is 0. The van der Waals surface area contributed by atoms with E-state index in [4.69, 9.17) is 27.9 Å². The van der Waals surface area contributed by atoms with E-state index in [1.165, 1.54) is 0 Å². The Kier molecular flexibility index (Phi) is 7.02. The van der Waals surface area contributed by atoms with E-state index in [0.717, 1.165) is 22.6 Å². The van der Waals surface area contributed by atoms with Crippen molar-refractivity contribution in [3.8, 4) is 5.75 Å². The van der Waals surface area contributed by atoms with Gasteiger partial charge in [0.2, 0.25) is 5.91 Å². The van der Waals surface area contributed by atoms with Crippen molar-refractivity contribution in [2.24, 2.45) is 0 Å². The van der Waals surface area contributed by atoms with Gasteiger partial charge >= 0.3 is 0 Å². The van der Waals surface area contributed by atoms with Crippen molar-refractivity contribution in [2.75, 3.05) is 23.9 Å². The number of carbonyl (C=O) groups is 1. The lowest BCUT2D eigenvalue weighted by atomic mass is 10.2. The van der Waals surface area contributed by atoms with Crippen molar-refractivity contribution in [1.29, 1.82) is 0 Å². The van der Waals surface area contributed by atoms with E-state index in [1.807, 2.05) is 72.5 Å². The molecule has 1 N–H and O–H groups in total. The summed E-state index contributed by atoms with van der Waals surface area (Å²) in [7, 11) is 1.62. The summed E-state index contributed by atoms with van der Waals surface area (Å²) in [5.41, 5.74) is 3.30. The number of amides is 1. The molecule has 4 nitrogen and oxygen atoms in total. The van der Waals surface area contributed by atoms with Gasteiger partial charge in [0.1, 0.15) is 5.75 Å². The number of rotatable bonds is 7. The largest absolute Gasteiger partial charge is 0.497 e. The van der Waals surface area contributed by atoms with Crippen LogP contribution in [0.5, 0.6) is 5.75 Å². The molecule has 0 atom stereocenters. The number of carbonyl (C=O) groups excluding carboxylic acids is 1. The van der Waals surface area contributed by atoms with Crippen LogP contribution in [0.25, 0.3) is 0 Å². The Bertz CT molecular complexity index is 976. The van der Waals surface area contributed by atoms with Gasteiger partial charge in [-0.05, 0) is 48.4 Å². The fraction of sp³-hybridized carbons (Fsp3) is 0.174. The molecule has 0 bridgehead atoms. The monoisotopic (exact) mass is 428 g/mol. The Hall–Kier alpha value is -2.69. The Balaban J connectivity index is 1.82.